The van der Waals surface area contributed by atoms with Gasteiger partial charge in [0.05, 0.1) is 12.0 Å². The summed E-state index contributed by atoms with van der Waals surface area (Å²) in [4.78, 5) is 25.0. The van der Waals surface area contributed by atoms with Gasteiger partial charge >= 0.3 is 5.97 Å². The number of hydrogen-bond acceptors (Lipinski definition) is 2. The van der Waals surface area contributed by atoms with E-state index in [4.69, 9.17) is 6.42 Å². The molecule has 100 valence electrons. The quantitative estimate of drug-likeness (QED) is 0.613. The van der Waals surface area contributed by atoms with Crippen molar-refractivity contribution < 1.29 is 14.7 Å². The van der Waals surface area contributed by atoms with Gasteiger partial charge in [0, 0.05) is 13.5 Å². The molecule has 1 saturated carbocycles. The number of carbonyl (C=O) groups excluding carboxylic acids is 1. The smallest absolute Gasteiger partial charge is 0.310 e. The number of terminal acetylenes is 1. The molecule has 0 bridgehead atoms. The number of nitrogens with zero attached hydrogens (tertiary/aromatic N) is 1. The van der Waals surface area contributed by atoms with Gasteiger partial charge in [0.1, 0.15) is 0 Å². The average Bonchev–Trinajstić information content (AvgIpc) is 2.56. The minimum Gasteiger partial charge on any atom is -0.481 e. The van der Waals surface area contributed by atoms with Crippen molar-refractivity contribution in [1.29, 1.82) is 0 Å². The highest BCUT2D eigenvalue weighted by Crippen LogP contribution is 2.38. The van der Waals surface area contributed by atoms with Crippen LogP contribution in [0.1, 0.15) is 44.9 Å². The molecule has 4 heteroatoms. The molecule has 0 aromatic rings. The Morgan fingerprint density at radius 2 is 1.83 bits per heavy atom. The first-order valence-electron chi connectivity index (χ1n) is 6.43. The Morgan fingerprint density at radius 1 is 1.28 bits per heavy atom. The Balaban J connectivity index is 2.76. The Morgan fingerprint density at radius 3 is 2.28 bits per heavy atom. The fraction of sp³-hybridized carbons (Fsp3) is 0.714. The standard InChI is InChI=1S/C14H21NO3/c1-3-10-15(2)12(16)11-14(13(17)18)8-6-4-5-7-9-14/h1H,4-11H2,2H3,(H,17,18). The second kappa shape index (κ2) is 6.44. The second-order valence-electron chi connectivity index (χ2n) is 5.13. The molecule has 0 atom stereocenters. The molecule has 0 aromatic carbocycles. The lowest BCUT2D eigenvalue weighted by Gasteiger charge is -2.29. The van der Waals surface area contributed by atoms with Crippen LogP contribution in [0.15, 0.2) is 0 Å². The monoisotopic (exact) mass is 251 g/mol. The molecular weight excluding hydrogens is 230 g/mol. The highest BCUT2D eigenvalue weighted by Gasteiger charge is 2.41. The zero-order valence-corrected chi connectivity index (χ0v) is 10.9. The van der Waals surface area contributed by atoms with Crippen molar-refractivity contribution >= 4 is 11.9 Å². The van der Waals surface area contributed by atoms with E-state index in [1.807, 2.05) is 0 Å². The molecule has 1 N–H and O–H groups in total. The van der Waals surface area contributed by atoms with E-state index in [1.165, 1.54) is 4.90 Å². The summed E-state index contributed by atoms with van der Waals surface area (Å²) in [7, 11) is 1.62. The third-order valence-corrected chi connectivity index (χ3v) is 3.76. The molecule has 0 saturated heterocycles. The first kappa shape index (κ1) is 14.6. The number of carbonyl (C=O) groups is 2. The molecule has 0 heterocycles. The fourth-order valence-corrected chi connectivity index (χ4v) is 2.52. The third-order valence-electron chi connectivity index (χ3n) is 3.76. The van der Waals surface area contributed by atoms with Crippen molar-refractivity contribution in [1.82, 2.24) is 4.90 Å². The number of aliphatic carboxylic acids is 1. The van der Waals surface area contributed by atoms with Gasteiger partial charge in [-0.3, -0.25) is 9.59 Å². The van der Waals surface area contributed by atoms with Crippen LogP contribution in [-0.4, -0.2) is 35.5 Å². The van der Waals surface area contributed by atoms with Crippen LogP contribution in [0.2, 0.25) is 0 Å². The Labute approximate surface area is 108 Å². The molecule has 1 aliphatic rings. The molecule has 1 rings (SSSR count). The van der Waals surface area contributed by atoms with Crippen molar-refractivity contribution in [3.63, 3.8) is 0 Å². The molecule has 0 aliphatic heterocycles. The summed E-state index contributed by atoms with van der Waals surface area (Å²) < 4.78 is 0. The zero-order valence-electron chi connectivity index (χ0n) is 10.9. The lowest BCUT2D eigenvalue weighted by atomic mass is 9.77. The van der Waals surface area contributed by atoms with E-state index < -0.39 is 11.4 Å². The molecule has 1 amide bonds. The second-order valence-corrected chi connectivity index (χ2v) is 5.13. The van der Waals surface area contributed by atoms with Crippen LogP contribution < -0.4 is 0 Å². The Hall–Kier alpha value is -1.50. The van der Waals surface area contributed by atoms with Crippen molar-refractivity contribution in [2.24, 2.45) is 5.41 Å². The van der Waals surface area contributed by atoms with Gasteiger partial charge in [-0.05, 0) is 12.8 Å². The number of carboxylic acid groups (broad SMARTS) is 1. The van der Waals surface area contributed by atoms with Crippen LogP contribution in [0.25, 0.3) is 0 Å². The predicted molar refractivity (Wildman–Crippen MR) is 68.9 cm³/mol. The van der Waals surface area contributed by atoms with Gasteiger partial charge in [0.15, 0.2) is 0 Å². The van der Waals surface area contributed by atoms with Gasteiger partial charge in [-0.25, -0.2) is 0 Å². The van der Waals surface area contributed by atoms with Crippen molar-refractivity contribution in [3.05, 3.63) is 0 Å². The van der Waals surface area contributed by atoms with E-state index in [-0.39, 0.29) is 18.9 Å². The van der Waals surface area contributed by atoms with Gasteiger partial charge in [0.25, 0.3) is 0 Å². The molecule has 0 unspecified atom stereocenters. The zero-order chi connectivity index (χ0) is 13.6. The minimum atomic E-state index is -0.879. The maximum absolute atomic E-state index is 12.0. The normalized spacial score (nSPS) is 18.4. The molecule has 0 spiro atoms. The summed E-state index contributed by atoms with van der Waals surface area (Å²) >= 11 is 0. The van der Waals surface area contributed by atoms with Crippen LogP contribution >= 0.6 is 0 Å². The number of rotatable bonds is 4. The molecule has 4 nitrogen and oxygen atoms in total. The SMILES string of the molecule is C#CCN(C)C(=O)CC1(C(=O)O)CCCCCC1. The van der Waals surface area contributed by atoms with E-state index >= 15 is 0 Å². The average molecular weight is 251 g/mol. The predicted octanol–water partition coefficient (Wildman–Crippen LogP) is 1.89. The fourth-order valence-electron chi connectivity index (χ4n) is 2.52. The van der Waals surface area contributed by atoms with Gasteiger partial charge in [-0.1, -0.05) is 31.6 Å². The molecule has 1 fully saturated rings. The third kappa shape index (κ3) is 3.49. The van der Waals surface area contributed by atoms with Crippen LogP contribution in [0.5, 0.6) is 0 Å². The molecule has 0 radical (unpaired) electrons. The van der Waals surface area contributed by atoms with Gasteiger partial charge < -0.3 is 10.0 Å². The largest absolute Gasteiger partial charge is 0.481 e. The van der Waals surface area contributed by atoms with Crippen LogP contribution in [0, 0.1) is 17.8 Å². The summed E-state index contributed by atoms with van der Waals surface area (Å²) in [6.07, 6.45) is 10.3. The van der Waals surface area contributed by atoms with E-state index in [9.17, 15) is 14.7 Å². The van der Waals surface area contributed by atoms with E-state index in [2.05, 4.69) is 5.92 Å². The number of amides is 1. The molecular formula is C14H21NO3. The van der Waals surface area contributed by atoms with Gasteiger partial charge in [0.2, 0.25) is 5.91 Å². The first-order valence-corrected chi connectivity index (χ1v) is 6.43. The minimum absolute atomic E-state index is 0.0700. The molecule has 0 aromatic heterocycles. The Bertz CT molecular complexity index is 349. The van der Waals surface area contributed by atoms with E-state index in [0.29, 0.717) is 12.8 Å². The lowest BCUT2D eigenvalue weighted by molar-refractivity contribution is -0.154. The summed E-state index contributed by atoms with van der Waals surface area (Å²) in [6.45, 7) is 0.231. The van der Waals surface area contributed by atoms with Crippen LogP contribution in [-0.2, 0) is 9.59 Å². The van der Waals surface area contributed by atoms with E-state index in [1.54, 1.807) is 7.05 Å². The van der Waals surface area contributed by atoms with E-state index in [0.717, 1.165) is 25.7 Å². The van der Waals surface area contributed by atoms with Crippen LogP contribution in [0.3, 0.4) is 0 Å². The lowest BCUT2D eigenvalue weighted by Crippen LogP contribution is -2.38. The van der Waals surface area contributed by atoms with Crippen molar-refractivity contribution in [2.75, 3.05) is 13.6 Å². The molecule has 18 heavy (non-hydrogen) atoms. The summed E-state index contributed by atoms with van der Waals surface area (Å²) in [6, 6.07) is 0. The first-order chi connectivity index (χ1) is 8.52. The number of hydrogen-bond donors (Lipinski definition) is 1. The van der Waals surface area contributed by atoms with Gasteiger partial charge in [-0.15, -0.1) is 6.42 Å². The summed E-state index contributed by atoms with van der Waals surface area (Å²) in [5, 5.41) is 9.46. The number of carboxylic acids is 1. The summed E-state index contributed by atoms with van der Waals surface area (Å²) in [5.41, 5.74) is -0.879. The molecule has 1 aliphatic carbocycles. The van der Waals surface area contributed by atoms with Crippen molar-refractivity contribution in [3.8, 4) is 12.3 Å². The maximum atomic E-state index is 12.0. The Kier molecular flexibility index (Phi) is 5.21. The highest BCUT2D eigenvalue weighted by molar-refractivity contribution is 5.85. The van der Waals surface area contributed by atoms with Crippen LogP contribution in [0.4, 0.5) is 0 Å². The van der Waals surface area contributed by atoms with Crippen molar-refractivity contribution in [2.45, 2.75) is 44.9 Å². The van der Waals surface area contributed by atoms with Gasteiger partial charge in [-0.2, -0.15) is 0 Å². The topological polar surface area (TPSA) is 57.6 Å². The highest BCUT2D eigenvalue weighted by atomic mass is 16.4. The maximum Gasteiger partial charge on any atom is 0.310 e. The summed E-state index contributed by atoms with van der Waals surface area (Å²) in [5.74, 6) is 1.39.